The monoisotopic (exact) mass is 523 g/mol. The van der Waals surface area contributed by atoms with E-state index in [1.54, 1.807) is 54.6 Å². The van der Waals surface area contributed by atoms with Gasteiger partial charge in [-0.2, -0.15) is 28.1 Å². The molecule has 8 nitrogen and oxygen atoms in total. The van der Waals surface area contributed by atoms with Crippen LogP contribution in [-0.4, -0.2) is 38.2 Å². The van der Waals surface area contributed by atoms with Crippen molar-refractivity contribution in [1.29, 1.82) is 0 Å². The first-order chi connectivity index (χ1) is 18.0. The minimum Gasteiger partial charge on any atom is -0.480 e. The van der Waals surface area contributed by atoms with E-state index >= 15 is 0 Å². The zero-order valence-corrected chi connectivity index (χ0v) is 20.2. The third-order valence-electron chi connectivity index (χ3n) is 5.71. The van der Waals surface area contributed by atoms with Crippen molar-refractivity contribution in [2.45, 2.75) is 31.7 Å². The van der Waals surface area contributed by atoms with Gasteiger partial charge in [0.2, 0.25) is 12.1 Å². The Morgan fingerprint density at radius 2 is 1.68 bits per heavy atom. The third kappa shape index (κ3) is 6.24. The molecule has 4 aromatic rings. The van der Waals surface area contributed by atoms with Crippen LogP contribution in [0.3, 0.4) is 0 Å². The van der Waals surface area contributed by atoms with Crippen LogP contribution in [0.15, 0.2) is 72.8 Å². The van der Waals surface area contributed by atoms with Gasteiger partial charge in [-0.05, 0) is 30.0 Å². The molecular weight excluding hydrogens is 499 g/mol. The summed E-state index contributed by atoms with van der Waals surface area (Å²) in [6, 6.07) is 18.0. The molecule has 11 heteroatoms. The van der Waals surface area contributed by atoms with E-state index in [4.69, 9.17) is 21.3 Å². The molecule has 0 aliphatic carbocycles. The molecule has 1 heterocycles. The topological polar surface area (TPSA) is 137 Å². The van der Waals surface area contributed by atoms with Crippen LogP contribution in [0.1, 0.15) is 22.8 Å². The first-order valence-corrected chi connectivity index (χ1v) is 11.5. The highest BCUT2D eigenvalue weighted by Gasteiger charge is 2.45. The van der Waals surface area contributed by atoms with Gasteiger partial charge < -0.3 is 21.3 Å². The van der Waals surface area contributed by atoms with Crippen molar-refractivity contribution in [3.8, 4) is 28.5 Å². The molecule has 0 fully saturated rings. The Labute approximate surface area is 216 Å². The van der Waals surface area contributed by atoms with Crippen LogP contribution in [0.5, 0.6) is 6.01 Å². The number of hydrogen-bond donors (Lipinski definition) is 3. The predicted molar refractivity (Wildman–Crippen MR) is 135 cm³/mol. The molecule has 1 aromatic heterocycles. The number of carboxylic acids is 1. The largest absolute Gasteiger partial charge is 0.480 e. The zero-order chi connectivity index (χ0) is 27.4. The molecule has 0 aliphatic heterocycles. The summed E-state index contributed by atoms with van der Waals surface area (Å²) < 4.78 is 48.3. The number of hydrogen-bond acceptors (Lipinski definition) is 7. The van der Waals surface area contributed by atoms with E-state index < -0.39 is 30.3 Å². The fraction of sp³-hybridized carbons (Fsp3) is 0.185. The summed E-state index contributed by atoms with van der Waals surface area (Å²) >= 11 is 0. The van der Waals surface area contributed by atoms with E-state index in [-0.39, 0.29) is 23.8 Å². The van der Waals surface area contributed by atoms with Crippen molar-refractivity contribution in [2.24, 2.45) is 5.73 Å². The second-order valence-electron chi connectivity index (χ2n) is 8.64. The first-order valence-electron chi connectivity index (χ1n) is 11.5. The number of anilines is 1. The van der Waals surface area contributed by atoms with Crippen molar-refractivity contribution in [2.75, 3.05) is 5.73 Å². The number of nitrogens with two attached hydrogens (primary N) is 2. The van der Waals surface area contributed by atoms with Gasteiger partial charge >= 0.3 is 18.2 Å². The number of halogens is 3. The Balaban J connectivity index is 1.68. The van der Waals surface area contributed by atoms with Crippen LogP contribution in [-0.2, 0) is 11.2 Å². The highest BCUT2D eigenvalue weighted by atomic mass is 19.4. The van der Waals surface area contributed by atoms with Crippen molar-refractivity contribution < 1.29 is 27.8 Å². The van der Waals surface area contributed by atoms with Gasteiger partial charge in [0.05, 0.1) is 0 Å². The summed E-state index contributed by atoms with van der Waals surface area (Å²) in [6.45, 7) is 1.85. The number of ether oxygens (including phenoxy) is 1. The number of carboxylic acid groups (broad SMARTS) is 1. The lowest BCUT2D eigenvalue weighted by atomic mass is 9.95. The molecule has 0 bridgehead atoms. The number of nitrogen functional groups attached to an aromatic ring is 1. The highest BCUT2D eigenvalue weighted by molar-refractivity contribution is 5.73. The molecule has 38 heavy (non-hydrogen) atoms. The number of carbonyl (C=O) groups is 1. The third-order valence-corrected chi connectivity index (χ3v) is 5.71. The van der Waals surface area contributed by atoms with Crippen LogP contribution < -0.4 is 16.2 Å². The molecule has 196 valence electrons. The summed E-state index contributed by atoms with van der Waals surface area (Å²) in [6.07, 6.45) is -7.09. The summed E-state index contributed by atoms with van der Waals surface area (Å²) in [5, 5.41) is 8.98. The number of aliphatic carboxylic acids is 1. The zero-order valence-electron chi connectivity index (χ0n) is 20.2. The summed E-state index contributed by atoms with van der Waals surface area (Å²) in [5.41, 5.74) is 14.2. The fourth-order valence-electron chi connectivity index (χ4n) is 3.90. The molecule has 0 amide bonds. The van der Waals surface area contributed by atoms with Crippen LogP contribution >= 0.6 is 0 Å². The number of benzene rings is 3. The van der Waals surface area contributed by atoms with Crippen molar-refractivity contribution in [3.63, 3.8) is 0 Å². The van der Waals surface area contributed by atoms with E-state index in [1.165, 1.54) is 12.1 Å². The van der Waals surface area contributed by atoms with E-state index in [2.05, 4.69) is 15.0 Å². The molecule has 3 aromatic carbocycles. The fourth-order valence-corrected chi connectivity index (χ4v) is 3.90. The predicted octanol–water partition coefficient (Wildman–Crippen LogP) is 4.73. The van der Waals surface area contributed by atoms with Gasteiger partial charge in [0.25, 0.3) is 0 Å². The smallest absolute Gasteiger partial charge is 0.429 e. The van der Waals surface area contributed by atoms with E-state index in [0.717, 1.165) is 5.56 Å². The minimum absolute atomic E-state index is 0.00511. The molecule has 0 saturated heterocycles. The maximum atomic E-state index is 14.3. The van der Waals surface area contributed by atoms with Crippen LogP contribution in [0.4, 0.5) is 19.1 Å². The molecule has 4 rings (SSSR count). The van der Waals surface area contributed by atoms with Gasteiger partial charge in [0.15, 0.2) is 5.82 Å². The maximum absolute atomic E-state index is 14.3. The lowest BCUT2D eigenvalue weighted by Crippen LogP contribution is -2.32. The van der Waals surface area contributed by atoms with Crippen molar-refractivity contribution in [3.05, 3.63) is 89.5 Å². The molecule has 0 spiro atoms. The molecule has 0 radical (unpaired) electrons. The Bertz CT molecular complexity index is 1440. The normalized spacial score (nSPS) is 13.1. The second-order valence-corrected chi connectivity index (χ2v) is 8.64. The first kappa shape index (κ1) is 26.6. The SMILES string of the molecule is Cc1cccc(-c2ccccc2C(Oc2nc(N)nc(-c3ccc(CC(N)C(=O)O)cc3)n2)C(F)(F)F)c1. The number of nitrogens with zero attached hydrogens (tertiary/aromatic N) is 3. The van der Waals surface area contributed by atoms with Crippen LogP contribution in [0.25, 0.3) is 22.5 Å². The van der Waals surface area contributed by atoms with E-state index in [1.807, 2.05) is 13.0 Å². The average Bonchev–Trinajstić information content (AvgIpc) is 2.87. The number of alkyl halides is 3. The van der Waals surface area contributed by atoms with Gasteiger partial charge in [-0.1, -0.05) is 78.4 Å². The lowest BCUT2D eigenvalue weighted by Gasteiger charge is -2.23. The Morgan fingerprint density at radius 1 is 0.974 bits per heavy atom. The Hall–Kier alpha value is -4.51. The van der Waals surface area contributed by atoms with Crippen molar-refractivity contribution >= 4 is 11.9 Å². The summed E-state index contributed by atoms with van der Waals surface area (Å²) in [7, 11) is 0. The van der Waals surface area contributed by atoms with Crippen LogP contribution in [0, 0.1) is 6.92 Å². The minimum atomic E-state index is -4.80. The van der Waals surface area contributed by atoms with Gasteiger partial charge in [0, 0.05) is 11.1 Å². The van der Waals surface area contributed by atoms with E-state index in [9.17, 15) is 18.0 Å². The van der Waals surface area contributed by atoms with Crippen molar-refractivity contribution in [1.82, 2.24) is 15.0 Å². The molecule has 5 N–H and O–H groups in total. The van der Waals surface area contributed by atoms with Gasteiger partial charge in [0.1, 0.15) is 6.04 Å². The Morgan fingerprint density at radius 3 is 2.34 bits per heavy atom. The quantitative estimate of drug-likeness (QED) is 0.301. The molecule has 0 saturated carbocycles. The molecule has 2 unspecified atom stereocenters. The lowest BCUT2D eigenvalue weighted by molar-refractivity contribution is -0.199. The van der Waals surface area contributed by atoms with Crippen LogP contribution in [0.2, 0.25) is 0 Å². The molecule has 2 atom stereocenters. The highest BCUT2D eigenvalue weighted by Crippen LogP contribution is 2.40. The summed E-state index contributed by atoms with van der Waals surface area (Å²) in [4.78, 5) is 22.9. The molecule has 0 aliphatic rings. The Kier molecular flexibility index (Phi) is 7.58. The van der Waals surface area contributed by atoms with Gasteiger partial charge in [-0.3, -0.25) is 4.79 Å². The second kappa shape index (κ2) is 10.9. The average molecular weight is 524 g/mol. The standard InChI is InChI=1S/C27H24F3N5O3/c1-15-5-4-6-18(13-15)19-7-2-3-8-20(19)22(27(28,29)30)38-26-34-23(33-25(32)35-26)17-11-9-16(10-12-17)14-21(31)24(36)37/h2-13,21-22H,14,31H2,1H3,(H,36,37)(H2,32,33,34,35). The summed E-state index contributed by atoms with van der Waals surface area (Å²) in [5.74, 6) is -1.46. The maximum Gasteiger partial charge on any atom is 0.429 e. The van der Waals surface area contributed by atoms with E-state index in [0.29, 0.717) is 22.3 Å². The molecular formula is C27H24F3N5O3. The van der Waals surface area contributed by atoms with Gasteiger partial charge in [-0.15, -0.1) is 0 Å². The number of aromatic nitrogens is 3. The number of rotatable bonds is 8. The number of aryl methyl sites for hydroxylation is 1. The van der Waals surface area contributed by atoms with Gasteiger partial charge in [-0.25, -0.2) is 0 Å².